The highest BCUT2D eigenvalue weighted by atomic mass is 16.5. The molecule has 0 atom stereocenters. The van der Waals surface area contributed by atoms with Crippen molar-refractivity contribution in [3.8, 4) is 0 Å². The van der Waals surface area contributed by atoms with E-state index in [2.05, 4.69) is 32.5 Å². The zero-order valence-electron chi connectivity index (χ0n) is 16.9. The Balaban J connectivity index is 1.60. The molecule has 8 heteroatoms. The molecule has 1 saturated heterocycles. The number of carbonyl (C=O) groups excluding carboxylic acids is 2. The summed E-state index contributed by atoms with van der Waals surface area (Å²) in [6.45, 7) is 4.89. The lowest BCUT2D eigenvalue weighted by Gasteiger charge is -2.34. The third kappa shape index (κ3) is 5.75. The topological polar surface area (TPSA) is 86.8 Å². The normalized spacial score (nSPS) is 14.5. The van der Waals surface area contributed by atoms with Crippen LogP contribution in [0.25, 0.3) is 0 Å². The van der Waals surface area contributed by atoms with Gasteiger partial charge in [0, 0.05) is 63.6 Å². The molecule has 2 heterocycles. The smallest absolute Gasteiger partial charge is 0.257 e. The molecule has 0 radical (unpaired) electrons. The quantitative estimate of drug-likeness (QED) is 0.688. The molecule has 29 heavy (non-hydrogen) atoms. The van der Waals surface area contributed by atoms with Crippen LogP contribution in [0.15, 0.2) is 42.7 Å². The molecule has 8 nitrogen and oxygen atoms in total. The van der Waals surface area contributed by atoms with Crippen molar-refractivity contribution in [3.05, 3.63) is 53.9 Å². The van der Waals surface area contributed by atoms with Gasteiger partial charge in [-0.3, -0.25) is 14.6 Å². The number of likely N-dealkylation sites (N-methyl/N-ethyl adjacent to an activating group) is 1. The number of aromatic nitrogens is 1. The Morgan fingerprint density at radius 2 is 1.69 bits per heavy atom. The molecular formula is C21H27N5O3. The first kappa shape index (κ1) is 20.8. The van der Waals surface area contributed by atoms with Gasteiger partial charge in [-0.1, -0.05) is 0 Å². The van der Waals surface area contributed by atoms with E-state index in [0.717, 1.165) is 31.9 Å². The van der Waals surface area contributed by atoms with Gasteiger partial charge in [0.05, 0.1) is 17.7 Å². The van der Waals surface area contributed by atoms with E-state index in [1.165, 1.54) is 18.5 Å². The van der Waals surface area contributed by atoms with Gasteiger partial charge in [0.15, 0.2) is 0 Å². The number of amides is 2. The largest absolute Gasteiger partial charge is 0.383 e. The molecule has 0 saturated carbocycles. The Labute approximate surface area is 170 Å². The maximum atomic E-state index is 12.6. The Kier molecular flexibility index (Phi) is 7.15. The molecule has 0 bridgehead atoms. The number of pyridine rings is 1. The van der Waals surface area contributed by atoms with E-state index in [-0.39, 0.29) is 11.8 Å². The summed E-state index contributed by atoms with van der Waals surface area (Å²) in [5, 5.41) is 5.57. The van der Waals surface area contributed by atoms with E-state index in [1.54, 1.807) is 7.11 Å². The van der Waals surface area contributed by atoms with Crippen LogP contribution < -0.4 is 15.5 Å². The highest BCUT2D eigenvalue weighted by molar-refractivity contribution is 6.05. The Morgan fingerprint density at radius 3 is 2.34 bits per heavy atom. The predicted octanol–water partition coefficient (Wildman–Crippen LogP) is 1.46. The summed E-state index contributed by atoms with van der Waals surface area (Å²) in [5.74, 6) is -0.600. The third-order valence-corrected chi connectivity index (χ3v) is 4.85. The summed E-state index contributed by atoms with van der Waals surface area (Å²) >= 11 is 0. The molecule has 3 rings (SSSR count). The summed E-state index contributed by atoms with van der Waals surface area (Å²) < 4.78 is 4.91. The molecule has 154 valence electrons. The lowest BCUT2D eigenvalue weighted by molar-refractivity contribution is 0.0936. The van der Waals surface area contributed by atoms with Gasteiger partial charge in [0.1, 0.15) is 0 Å². The first-order chi connectivity index (χ1) is 14.1. The van der Waals surface area contributed by atoms with Crippen molar-refractivity contribution in [2.45, 2.75) is 0 Å². The van der Waals surface area contributed by atoms with Gasteiger partial charge in [0.2, 0.25) is 0 Å². The minimum absolute atomic E-state index is 0.291. The van der Waals surface area contributed by atoms with Crippen LogP contribution in [0.2, 0.25) is 0 Å². The highest BCUT2D eigenvalue weighted by Crippen LogP contribution is 2.20. The fourth-order valence-corrected chi connectivity index (χ4v) is 3.08. The SMILES string of the molecule is COCCNC(=O)c1cncc(C(=O)Nc2ccc(N3CCN(C)CC3)cc2)c1. The van der Waals surface area contributed by atoms with E-state index in [9.17, 15) is 9.59 Å². The van der Waals surface area contributed by atoms with Crippen LogP contribution >= 0.6 is 0 Å². The number of anilines is 2. The van der Waals surface area contributed by atoms with Crippen LogP contribution in [0, 0.1) is 0 Å². The lowest BCUT2D eigenvalue weighted by Crippen LogP contribution is -2.44. The van der Waals surface area contributed by atoms with Gasteiger partial charge < -0.3 is 25.2 Å². The van der Waals surface area contributed by atoms with Crippen molar-refractivity contribution in [2.24, 2.45) is 0 Å². The first-order valence-electron chi connectivity index (χ1n) is 9.64. The molecule has 1 fully saturated rings. The zero-order valence-corrected chi connectivity index (χ0v) is 16.9. The number of ether oxygens (including phenoxy) is 1. The Morgan fingerprint density at radius 1 is 1.03 bits per heavy atom. The number of rotatable bonds is 7. The van der Waals surface area contributed by atoms with Crippen LogP contribution in [0.4, 0.5) is 11.4 Å². The molecule has 0 aliphatic carbocycles. The minimum atomic E-state index is -0.309. The van der Waals surface area contributed by atoms with Crippen LogP contribution in [0.3, 0.4) is 0 Å². The van der Waals surface area contributed by atoms with Gasteiger partial charge in [-0.2, -0.15) is 0 Å². The van der Waals surface area contributed by atoms with E-state index in [0.29, 0.717) is 30.0 Å². The van der Waals surface area contributed by atoms with Gasteiger partial charge in [-0.05, 0) is 37.4 Å². The van der Waals surface area contributed by atoms with Crippen molar-refractivity contribution < 1.29 is 14.3 Å². The molecule has 2 N–H and O–H groups in total. The van der Waals surface area contributed by atoms with Crippen LogP contribution in [0.5, 0.6) is 0 Å². The average molecular weight is 397 g/mol. The number of nitrogens with one attached hydrogen (secondary N) is 2. The number of methoxy groups -OCH3 is 1. The molecule has 1 aliphatic rings. The second-order valence-corrected chi connectivity index (χ2v) is 7.00. The maximum Gasteiger partial charge on any atom is 0.257 e. The molecule has 0 spiro atoms. The summed E-state index contributed by atoms with van der Waals surface area (Å²) in [7, 11) is 3.69. The van der Waals surface area contributed by atoms with Crippen LogP contribution in [-0.2, 0) is 4.74 Å². The second-order valence-electron chi connectivity index (χ2n) is 7.00. The molecule has 1 aliphatic heterocycles. The lowest BCUT2D eigenvalue weighted by atomic mass is 10.1. The van der Waals surface area contributed by atoms with Crippen molar-refractivity contribution in [1.82, 2.24) is 15.2 Å². The van der Waals surface area contributed by atoms with Crippen molar-refractivity contribution >= 4 is 23.2 Å². The van der Waals surface area contributed by atoms with E-state index in [4.69, 9.17) is 4.74 Å². The van der Waals surface area contributed by atoms with Crippen molar-refractivity contribution in [1.29, 1.82) is 0 Å². The zero-order chi connectivity index (χ0) is 20.6. The highest BCUT2D eigenvalue weighted by Gasteiger charge is 2.15. The number of hydrogen-bond donors (Lipinski definition) is 2. The number of hydrogen-bond acceptors (Lipinski definition) is 6. The summed E-state index contributed by atoms with van der Waals surface area (Å²) in [6.07, 6.45) is 2.88. The average Bonchev–Trinajstić information content (AvgIpc) is 2.75. The fourth-order valence-electron chi connectivity index (χ4n) is 3.08. The third-order valence-electron chi connectivity index (χ3n) is 4.85. The van der Waals surface area contributed by atoms with Crippen LogP contribution in [0.1, 0.15) is 20.7 Å². The van der Waals surface area contributed by atoms with Gasteiger partial charge in [0.25, 0.3) is 11.8 Å². The Bertz CT molecular complexity index is 832. The van der Waals surface area contributed by atoms with E-state index in [1.807, 2.05) is 24.3 Å². The summed E-state index contributed by atoms with van der Waals surface area (Å²) in [5.41, 5.74) is 2.50. The van der Waals surface area contributed by atoms with E-state index >= 15 is 0 Å². The van der Waals surface area contributed by atoms with Gasteiger partial charge in [-0.15, -0.1) is 0 Å². The number of benzene rings is 1. The van der Waals surface area contributed by atoms with Crippen molar-refractivity contribution in [2.75, 3.05) is 63.7 Å². The molecule has 2 amide bonds. The molecular weight excluding hydrogens is 370 g/mol. The second kappa shape index (κ2) is 9.99. The van der Waals surface area contributed by atoms with Crippen LogP contribution in [-0.4, -0.2) is 75.2 Å². The van der Waals surface area contributed by atoms with E-state index < -0.39 is 0 Å². The fraction of sp³-hybridized carbons (Fsp3) is 0.381. The Hall–Kier alpha value is -2.97. The van der Waals surface area contributed by atoms with Crippen molar-refractivity contribution in [3.63, 3.8) is 0 Å². The summed E-state index contributed by atoms with van der Waals surface area (Å²) in [4.78, 5) is 33.3. The number of carbonyl (C=O) groups is 2. The predicted molar refractivity (Wildman–Crippen MR) is 113 cm³/mol. The minimum Gasteiger partial charge on any atom is -0.383 e. The number of piperazine rings is 1. The first-order valence-corrected chi connectivity index (χ1v) is 9.64. The monoisotopic (exact) mass is 397 g/mol. The molecule has 0 unspecified atom stereocenters. The standard InChI is InChI=1S/C21H27N5O3/c1-25-8-10-26(11-9-25)19-5-3-18(4-6-19)24-21(28)17-13-16(14-22-15-17)20(27)23-7-12-29-2/h3-6,13-15H,7-12H2,1-2H3,(H,23,27)(H,24,28). The van der Waals surface area contributed by atoms with Gasteiger partial charge >= 0.3 is 0 Å². The molecule has 1 aromatic carbocycles. The number of nitrogens with zero attached hydrogens (tertiary/aromatic N) is 3. The summed E-state index contributed by atoms with van der Waals surface area (Å²) in [6, 6.07) is 9.33. The molecule has 1 aromatic heterocycles. The molecule has 2 aromatic rings. The maximum absolute atomic E-state index is 12.6. The van der Waals surface area contributed by atoms with Gasteiger partial charge in [-0.25, -0.2) is 0 Å².